The van der Waals surface area contributed by atoms with E-state index in [1.165, 1.54) is 93.5 Å². The molecule has 3 heteroatoms. The molecule has 0 spiro atoms. The molecule has 0 radical (unpaired) electrons. The maximum absolute atomic E-state index is 2.39. The Morgan fingerprint density at radius 2 is 1.29 bits per heavy atom. The minimum atomic E-state index is 0. The number of allylic oxidation sites excluding steroid dienone is 4. The van der Waals surface area contributed by atoms with Crippen molar-refractivity contribution < 1.29 is 49.0 Å². The fourth-order valence-corrected chi connectivity index (χ4v) is 6.54. The fourth-order valence-electron chi connectivity index (χ4n) is 5.72. The van der Waals surface area contributed by atoms with Crippen molar-refractivity contribution in [1.29, 1.82) is 0 Å². The Labute approximate surface area is 276 Å². The molecule has 1 aliphatic carbocycles. The maximum atomic E-state index is 2.39. The van der Waals surface area contributed by atoms with Crippen LogP contribution in [-0.2, 0) is 24.2 Å². The topological polar surface area (TPSA) is 0 Å². The summed E-state index contributed by atoms with van der Waals surface area (Å²) < 4.78 is 1.42. The standard InChI is InChI=1S/C26H21.C13H10.2ClH.Zr/c1-17-12-13-22-21(14-17)15-25-24(22)16-23(19-8-4-3-5-9-19)18(2)26(25)20-10-6-7-11-20;1-3-7-12(8-4-1)11-13-9-5-2-6-10-13;;;/h3-10,12-16H,11H2,1-2H3;1-10H;2*1H;/q-1;;;;+2/p-2. The van der Waals surface area contributed by atoms with Gasteiger partial charge in [-0.25, -0.2) is 0 Å². The predicted octanol–water partition coefficient (Wildman–Crippen LogP) is 4.15. The average molecular weight is 662 g/mol. The van der Waals surface area contributed by atoms with E-state index in [1.54, 1.807) is 0 Å². The molecular weight excluding hydrogens is 631 g/mol. The zero-order valence-electron chi connectivity index (χ0n) is 23.7. The Balaban J connectivity index is 0.000000217. The first-order valence-corrected chi connectivity index (χ1v) is 15.1. The SMILES string of the molecule is Cc1ccc2c(c1)[cH-]c1c(C3=CC=CC3)c(C)c(-c3ccccc3)cc12.[Cl-].[Cl-].[Zr+2]=[C](c1ccccc1)c1ccccc1. The van der Waals surface area contributed by atoms with Crippen LogP contribution in [0.5, 0.6) is 0 Å². The van der Waals surface area contributed by atoms with Crippen LogP contribution in [0.25, 0.3) is 38.2 Å². The van der Waals surface area contributed by atoms with Gasteiger partial charge < -0.3 is 24.8 Å². The van der Waals surface area contributed by atoms with Crippen molar-refractivity contribution in [2.75, 3.05) is 0 Å². The molecule has 6 aromatic rings. The van der Waals surface area contributed by atoms with Crippen LogP contribution >= 0.6 is 0 Å². The van der Waals surface area contributed by atoms with Gasteiger partial charge in [-0.1, -0.05) is 89.0 Å². The molecule has 206 valence electrons. The zero-order valence-corrected chi connectivity index (χ0v) is 27.7. The van der Waals surface area contributed by atoms with Crippen molar-refractivity contribution in [2.24, 2.45) is 0 Å². The second-order valence-electron chi connectivity index (χ2n) is 10.4. The Kier molecular flexibility index (Phi) is 10.8. The van der Waals surface area contributed by atoms with E-state index in [2.05, 4.69) is 153 Å². The molecule has 0 atom stereocenters. The Morgan fingerprint density at radius 1 is 0.690 bits per heavy atom. The van der Waals surface area contributed by atoms with Crippen LogP contribution in [0.15, 0.2) is 140 Å². The van der Waals surface area contributed by atoms with Gasteiger partial charge in [-0.15, -0.1) is 33.7 Å². The van der Waals surface area contributed by atoms with Gasteiger partial charge in [0.05, 0.1) is 0 Å². The summed E-state index contributed by atoms with van der Waals surface area (Å²) in [7, 11) is 0. The number of rotatable bonds is 4. The number of halogens is 2. The van der Waals surface area contributed by atoms with Gasteiger partial charge in [0, 0.05) is 0 Å². The summed E-state index contributed by atoms with van der Waals surface area (Å²) in [6.45, 7) is 4.45. The van der Waals surface area contributed by atoms with Crippen LogP contribution in [0, 0.1) is 13.8 Å². The van der Waals surface area contributed by atoms with E-state index in [0.29, 0.717) is 0 Å². The molecule has 0 saturated carbocycles. The van der Waals surface area contributed by atoms with Gasteiger partial charge in [0.25, 0.3) is 0 Å². The third-order valence-corrected chi connectivity index (χ3v) is 9.15. The van der Waals surface area contributed by atoms with Crippen molar-refractivity contribution in [3.8, 4) is 11.1 Å². The van der Waals surface area contributed by atoms with E-state index in [-0.39, 0.29) is 24.8 Å². The quantitative estimate of drug-likeness (QED) is 0.249. The molecule has 0 aliphatic heterocycles. The minimum absolute atomic E-state index is 0. The van der Waals surface area contributed by atoms with Crippen molar-refractivity contribution in [3.63, 3.8) is 0 Å². The number of fused-ring (bicyclic) bond motifs is 3. The summed E-state index contributed by atoms with van der Waals surface area (Å²) in [6, 6.07) is 43.5. The molecule has 0 amide bonds. The summed E-state index contributed by atoms with van der Waals surface area (Å²) in [5, 5.41) is 5.46. The van der Waals surface area contributed by atoms with E-state index in [4.69, 9.17) is 0 Å². The monoisotopic (exact) mass is 659 g/mol. The molecule has 0 N–H and O–H groups in total. The van der Waals surface area contributed by atoms with Gasteiger partial charge in [-0.05, 0) is 31.4 Å². The van der Waals surface area contributed by atoms with Gasteiger partial charge in [0.1, 0.15) is 0 Å². The van der Waals surface area contributed by atoms with E-state index >= 15 is 0 Å². The van der Waals surface area contributed by atoms with Crippen LogP contribution in [0.2, 0.25) is 0 Å². The third kappa shape index (κ3) is 6.55. The number of hydrogen-bond donors (Lipinski definition) is 0. The van der Waals surface area contributed by atoms with Gasteiger partial charge in [0.15, 0.2) is 0 Å². The fraction of sp³-hybridized carbons (Fsp3) is 0.0769. The first kappa shape index (κ1) is 31.7. The van der Waals surface area contributed by atoms with E-state index in [1.807, 2.05) is 0 Å². The van der Waals surface area contributed by atoms with Crippen molar-refractivity contribution in [1.82, 2.24) is 0 Å². The summed E-state index contributed by atoms with van der Waals surface area (Å²) in [5.41, 5.74) is 10.8. The Morgan fingerprint density at radius 3 is 1.86 bits per heavy atom. The number of aryl methyl sites for hydroxylation is 1. The molecule has 0 saturated heterocycles. The van der Waals surface area contributed by atoms with Gasteiger partial charge in [0.2, 0.25) is 0 Å². The molecular formula is C39H31Cl2Zr-. The molecule has 7 rings (SSSR count). The van der Waals surface area contributed by atoms with Crippen molar-refractivity contribution in [3.05, 3.63) is 167 Å². The van der Waals surface area contributed by atoms with E-state index < -0.39 is 0 Å². The van der Waals surface area contributed by atoms with Crippen molar-refractivity contribution >= 4 is 30.3 Å². The number of hydrogen-bond acceptors (Lipinski definition) is 0. The molecule has 0 heterocycles. The summed E-state index contributed by atoms with van der Waals surface area (Å²) in [5.74, 6) is 0. The Bertz CT molecular complexity index is 1840. The van der Waals surface area contributed by atoms with Gasteiger partial charge in [-0.3, -0.25) is 0 Å². The van der Waals surface area contributed by atoms with Crippen LogP contribution in [0.3, 0.4) is 0 Å². The zero-order chi connectivity index (χ0) is 27.5. The van der Waals surface area contributed by atoms with E-state index in [9.17, 15) is 0 Å². The molecule has 6 aromatic carbocycles. The van der Waals surface area contributed by atoms with Crippen LogP contribution in [0.1, 0.15) is 34.2 Å². The molecule has 42 heavy (non-hydrogen) atoms. The second-order valence-corrected chi connectivity index (χ2v) is 11.6. The second kappa shape index (κ2) is 14.3. The Hall–Kier alpha value is -3.22. The first-order valence-electron chi connectivity index (χ1n) is 13.8. The molecule has 0 bridgehead atoms. The van der Waals surface area contributed by atoms with Crippen LogP contribution < -0.4 is 24.8 Å². The van der Waals surface area contributed by atoms with Gasteiger partial charge in [-0.2, -0.15) is 0 Å². The summed E-state index contributed by atoms with van der Waals surface area (Å²) in [6.07, 6.45) is 7.74. The molecule has 0 aromatic heterocycles. The van der Waals surface area contributed by atoms with E-state index in [0.717, 1.165) is 6.42 Å². The van der Waals surface area contributed by atoms with Crippen LogP contribution in [-0.4, -0.2) is 3.21 Å². The molecule has 1 aliphatic rings. The molecule has 0 unspecified atom stereocenters. The molecule has 0 fully saturated rings. The number of benzene rings is 5. The summed E-state index contributed by atoms with van der Waals surface area (Å²) in [4.78, 5) is 0. The normalized spacial score (nSPS) is 11.8. The predicted molar refractivity (Wildman–Crippen MR) is 170 cm³/mol. The third-order valence-electron chi connectivity index (χ3n) is 7.73. The van der Waals surface area contributed by atoms with Gasteiger partial charge >= 0.3 is 99.2 Å². The first-order chi connectivity index (χ1) is 19.6. The van der Waals surface area contributed by atoms with Crippen LogP contribution in [0.4, 0.5) is 0 Å². The van der Waals surface area contributed by atoms with Crippen molar-refractivity contribution in [2.45, 2.75) is 20.3 Å². The summed E-state index contributed by atoms with van der Waals surface area (Å²) >= 11 is 1.46. The average Bonchev–Trinajstić information content (AvgIpc) is 3.66. The molecule has 0 nitrogen and oxygen atoms in total.